The van der Waals surface area contributed by atoms with E-state index < -0.39 is 13.1 Å². The molecule has 0 aromatic heterocycles. The Kier molecular flexibility index (Phi) is 3.55. The number of carbonyl (C=O) groups is 1. The molecular formula is C15H10BNO5. The van der Waals surface area contributed by atoms with E-state index in [1.54, 1.807) is 24.3 Å². The zero-order valence-electron chi connectivity index (χ0n) is 11.3. The Labute approximate surface area is 126 Å². The molecule has 0 aliphatic carbocycles. The van der Waals surface area contributed by atoms with Crippen molar-refractivity contribution in [3.8, 4) is 11.5 Å². The van der Waals surface area contributed by atoms with Gasteiger partial charge in [0.1, 0.15) is 11.5 Å². The fourth-order valence-corrected chi connectivity index (χ4v) is 2.25. The molecule has 22 heavy (non-hydrogen) atoms. The Morgan fingerprint density at radius 3 is 2.73 bits per heavy atom. The highest BCUT2D eigenvalue weighted by Gasteiger charge is 2.27. The van der Waals surface area contributed by atoms with Crippen LogP contribution < -0.4 is 10.2 Å². The number of fused-ring (bicyclic) bond motifs is 1. The molecule has 2 aromatic carbocycles. The van der Waals surface area contributed by atoms with E-state index in [1.807, 2.05) is 0 Å². The first-order valence-electron chi connectivity index (χ1n) is 6.43. The maximum Gasteiger partial charge on any atom is 0.491 e. The highest BCUT2D eigenvalue weighted by Crippen LogP contribution is 2.29. The lowest BCUT2D eigenvalue weighted by molar-refractivity contribution is 0.0697. The molecule has 1 heterocycles. The summed E-state index contributed by atoms with van der Waals surface area (Å²) >= 11 is 0. The van der Waals surface area contributed by atoms with Crippen LogP contribution in [-0.4, -0.2) is 23.2 Å². The van der Waals surface area contributed by atoms with Gasteiger partial charge >= 0.3 is 13.1 Å². The van der Waals surface area contributed by atoms with Gasteiger partial charge in [-0.1, -0.05) is 12.1 Å². The molecule has 0 bridgehead atoms. The van der Waals surface area contributed by atoms with E-state index in [0.717, 1.165) is 5.56 Å². The quantitative estimate of drug-likeness (QED) is 0.668. The zero-order valence-corrected chi connectivity index (χ0v) is 11.3. The number of nitrogens with zero attached hydrogens (tertiary/aromatic N) is 1. The van der Waals surface area contributed by atoms with Crippen LogP contribution in [0.25, 0.3) is 4.85 Å². The molecule has 0 saturated heterocycles. The summed E-state index contributed by atoms with van der Waals surface area (Å²) in [6.45, 7) is 7.25. The highest BCUT2D eigenvalue weighted by atomic mass is 16.5. The Bertz CT molecular complexity index is 799. The minimum absolute atomic E-state index is 0.0605. The van der Waals surface area contributed by atoms with Crippen LogP contribution in [0.4, 0.5) is 5.69 Å². The van der Waals surface area contributed by atoms with E-state index in [2.05, 4.69) is 4.85 Å². The van der Waals surface area contributed by atoms with E-state index in [0.29, 0.717) is 23.6 Å². The van der Waals surface area contributed by atoms with Gasteiger partial charge in [-0.25, -0.2) is 9.64 Å². The number of ether oxygens (including phenoxy) is 1. The van der Waals surface area contributed by atoms with Gasteiger partial charge in [0.25, 0.3) is 0 Å². The van der Waals surface area contributed by atoms with Crippen LogP contribution in [0.3, 0.4) is 0 Å². The van der Waals surface area contributed by atoms with Gasteiger partial charge in [-0.2, -0.15) is 0 Å². The Morgan fingerprint density at radius 1 is 1.27 bits per heavy atom. The largest absolute Gasteiger partial charge is 0.491 e. The van der Waals surface area contributed by atoms with Crippen molar-refractivity contribution in [3.63, 3.8) is 0 Å². The number of benzene rings is 2. The van der Waals surface area contributed by atoms with Gasteiger partial charge in [-0.05, 0) is 35.3 Å². The summed E-state index contributed by atoms with van der Waals surface area (Å²) in [4.78, 5) is 14.3. The smallest absolute Gasteiger partial charge is 0.479 e. The van der Waals surface area contributed by atoms with Crippen LogP contribution in [0, 0.1) is 6.57 Å². The lowest BCUT2D eigenvalue weighted by Crippen LogP contribution is -2.27. The topological polar surface area (TPSA) is 80.3 Å². The van der Waals surface area contributed by atoms with Crippen LogP contribution in [0.1, 0.15) is 15.9 Å². The van der Waals surface area contributed by atoms with Gasteiger partial charge in [0.05, 0.1) is 18.7 Å². The molecule has 2 N–H and O–H groups in total. The lowest BCUT2D eigenvalue weighted by atomic mass is 9.80. The molecule has 0 saturated carbocycles. The maximum atomic E-state index is 11.1. The highest BCUT2D eigenvalue weighted by molar-refractivity contribution is 6.61. The second-order valence-corrected chi connectivity index (χ2v) is 4.72. The van der Waals surface area contributed by atoms with Crippen molar-refractivity contribution >= 4 is 24.2 Å². The molecule has 0 fully saturated rings. The van der Waals surface area contributed by atoms with Crippen LogP contribution >= 0.6 is 0 Å². The van der Waals surface area contributed by atoms with Gasteiger partial charge in [0.15, 0.2) is 0 Å². The zero-order chi connectivity index (χ0) is 15.7. The Morgan fingerprint density at radius 2 is 2.00 bits per heavy atom. The molecule has 0 unspecified atom stereocenters. The molecule has 1 aliphatic heterocycles. The predicted octanol–water partition coefficient (Wildman–Crippen LogP) is 1.95. The van der Waals surface area contributed by atoms with Crippen LogP contribution in [0.5, 0.6) is 11.5 Å². The molecule has 3 rings (SSSR count). The van der Waals surface area contributed by atoms with Crippen molar-refractivity contribution < 1.29 is 24.3 Å². The van der Waals surface area contributed by atoms with Crippen LogP contribution in [0.2, 0.25) is 0 Å². The first kappa shape index (κ1) is 14.1. The van der Waals surface area contributed by atoms with Gasteiger partial charge < -0.3 is 19.5 Å². The summed E-state index contributed by atoms with van der Waals surface area (Å²) in [5, 5.41) is 18.7. The molecule has 0 amide bonds. The molecule has 1 aliphatic rings. The Balaban J connectivity index is 1.89. The summed E-state index contributed by atoms with van der Waals surface area (Å²) in [5.74, 6) is -0.352. The van der Waals surface area contributed by atoms with Crippen molar-refractivity contribution in [2.45, 2.75) is 6.61 Å². The van der Waals surface area contributed by atoms with E-state index in [1.165, 1.54) is 12.1 Å². The van der Waals surface area contributed by atoms with Crippen molar-refractivity contribution in [1.82, 2.24) is 0 Å². The van der Waals surface area contributed by atoms with Crippen molar-refractivity contribution in [2.75, 3.05) is 0 Å². The fraction of sp³-hybridized carbons (Fsp3) is 0.0667. The summed E-state index contributed by atoms with van der Waals surface area (Å²) in [6.07, 6.45) is 0. The molecule has 0 radical (unpaired) electrons. The first-order valence-corrected chi connectivity index (χ1v) is 6.43. The van der Waals surface area contributed by atoms with Crippen molar-refractivity contribution in [3.05, 3.63) is 58.9 Å². The SMILES string of the molecule is [C-]#[N+]c1ccc(Oc2ccc3c(c2)COB3O)cc1C(=O)O. The number of rotatable bonds is 3. The van der Waals surface area contributed by atoms with Crippen LogP contribution in [-0.2, 0) is 11.3 Å². The first-order chi connectivity index (χ1) is 10.6. The second kappa shape index (κ2) is 5.52. The third kappa shape index (κ3) is 2.53. The number of carboxylic acid groups (broad SMARTS) is 1. The van der Waals surface area contributed by atoms with Crippen molar-refractivity contribution in [2.24, 2.45) is 0 Å². The number of hydrogen-bond donors (Lipinski definition) is 2. The normalized spacial score (nSPS) is 12.6. The molecule has 108 valence electrons. The summed E-state index contributed by atoms with van der Waals surface area (Å²) in [5.41, 5.74) is 1.47. The fourth-order valence-electron chi connectivity index (χ4n) is 2.25. The van der Waals surface area contributed by atoms with E-state index in [4.69, 9.17) is 21.1 Å². The van der Waals surface area contributed by atoms with E-state index >= 15 is 0 Å². The average molecular weight is 295 g/mol. The molecule has 6 nitrogen and oxygen atoms in total. The van der Waals surface area contributed by atoms with Gasteiger partial charge in [0.2, 0.25) is 5.69 Å². The molecule has 7 heteroatoms. The average Bonchev–Trinajstić information content (AvgIpc) is 2.88. The monoisotopic (exact) mass is 295 g/mol. The minimum Gasteiger partial charge on any atom is -0.479 e. The van der Waals surface area contributed by atoms with Gasteiger partial charge in [-0.15, -0.1) is 0 Å². The summed E-state index contributed by atoms with van der Waals surface area (Å²) in [6, 6.07) is 9.36. The van der Waals surface area contributed by atoms with Crippen molar-refractivity contribution in [1.29, 1.82) is 0 Å². The summed E-state index contributed by atoms with van der Waals surface area (Å²) < 4.78 is 10.7. The van der Waals surface area contributed by atoms with Crippen LogP contribution in [0.15, 0.2) is 36.4 Å². The van der Waals surface area contributed by atoms with Gasteiger partial charge in [0, 0.05) is 0 Å². The standard InChI is InChI=1S/C15H10BNO5/c1-17-14-5-3-11(7-12(14)15(18)19)22-10-2-4-13-9(6-10)8-21-16(13)20/h2-7,20H,8H2,(H,18,19). The number of hydrogen-bond acceptors (Lipinski definition) is 4. The number of aromatic carboxylic acids is 1. The van der Waals surface area contributed by atoms with E-state index in [9.17, 15) is 9.82 Å². The second-order valence-electron chi connectivity index (χ2n) is 4.72. The molecule has 0 atom stereocenters. The molecule has 0 spiro atoms. The van der Waals surface area contributed by atoms with Gasteiger partial charge in [-0.3, -0.25) is 0 Å². The Hall–Kier alpha value is -2.82. The lowest BCUT2D eigenvalue weighted by Gasteiger charge is -2.09. The number of carboxylic acids is 1. The third-order valence-corrected chi connectivity index (χ3v) is 3.33. The predicted molar refractivity (Wildman–Crippen MR) is 78.6 cm³/mol. The minimum atomic E-state index is -1.18. The molecular weight excluding hydrogens is 285 g/mol. The molecule has 2 aromatic rings. The maximum absolute atomic E-state index is 11.1. The van der Waals surface area contributed by atoms with E-state index in [-0.39, 0.29) is 11.3 Å². The summed E-state index contributed by atoms with van der Waals surface area (Å²) in [7, 11) is -0.916. The third-order valence-electron chi connectivity index (χ3n) is 3.33.